The van der Waals surface area contributed by atoms with Crippen molar-refractivity contribution in [3.63, 3.8) is 0 Å². The number of esters is 1. The highest BCUT2D eigenvalue weighted by molar-refractivity contribution is 5.88. The minimum Gasteiger partial charge on any atom is -0.461 e. The van der Waals surface area contributed by atoms with E-state index in [1.165, 1.54) is 12.1 Å². The van der Waals surface area contributed by atoms with Crippen LogP contribution in [0.3, 0.4) is 0 Å². The van der Waals surface area contributed by atoms with Gasteiger partial charge in [-0.25, -0.2) is 9.18 Å². The summed E-state index contributed by atoms with van der Waals surface area (Å²) in [5, 5.41) is 2.95. The molecule has 5 heteroatoms. The van der Waals surface area contributed by atoms with Crippen molar-refractivity contribution >= 4 is 5.97 Å². The molecule has 0 aliphatic carbocycles. The Labute approximate surface area is 106 Å². The molecule has 1 aromatic carbocycles. The van der Waals surface area contributed by atoms with E-state index in [2.05, 4.69) is 5.32 Å². The topological polar surface area (TPSA) is 64.3 Å². The Morgan fingerprint density at radius 1 is 1.50 bits per heavy atom. The highest BCUT2D eigenvalue weighted by atomic mass is 19.1. The second-order valence-electron chi connectivity index (χ2n) is 3.74. The first-order chi connectivity index (χ1) is 8.54. The number of carbonyl (C=O) groups excluding carboxylic acids is 1. The molecular weight excluding hydrogens is 235 g/mol. The molecule has 0 amide bonds. The van der Waals surface area contributed by atoms with Crippen molar-refractivity contribution in [2.24, 2.45) is 5.73 Å². The Morgan fingerprint density at radius 2 is 2.22 bits per heavy atom. The molecule has 3 N–H and O–H groups in total. The van der Waals surface area contributed by atoms with Crippen LogP contribution in [0.4, 0.5) is 4.39 Å². The van der Waals surface area contributed by atoms with E-state index in [0.29, 0.717) is 12.2 Å². The van der Waals surface area contributed by atoms with E-state index in [9.17, 15) is 9.18 Å². The molecule has 0 atom stereocenters. The number of hydrogen-bond acceptors (Lipinski definition) is 4. The third-order valence-electron chi connectivity index (χ3n) is 2.35. The van der Waals surface area contributed by atoms with E-state index in [1.807, 2.05) is 0 Å². The number of carbonyl (C=O) groups is 1. The number of ether oxygens (including phenoxy) is 1. The van der Waals surface area contributed by atoms with Crippen LogP contribution in [0.5, 0.6) is 0 Å². The quantitative estimate of drug-likeness (QED) is 0.618. The zero-order chi connectivity index (χ0) is 13.5. The molecular formula is C13H17FN2O2. The maximum absolute atomic E-state index is 12.9. The standard InChI is InChI=1S/C13H17FN2O2/c1-3-18-13(17)12(15)9(2)16-8-10-5-4-6-11(14)7-10/h4-7,16H,3,8,15H2,1-2H3/b12-9-. The van der Waals surface area contributed by atoms with Crippen LogP contribution in [0, 0.1) is 5.82 Å². The first kappa shape index (κ1) is 14.0. The van der Waals surface area contributed by atoms with Crippen LogP contribution in [-0.4, -0.2) is 12.6 Å². The van der Waals surface area contributed by atoms with Gasteiger partial charge in [-0.3, -0.25) is 0 Å². The van der Waals surface area contributed by atoms with Crippen LogP contribution in [0.2, 0.25) is 0 Å². The molecule has 4 nitrogen and oxygen atoms in total. The maximum atomic E-state index is 12.9. The molecule has 0 unspecified atom stereocenters. The highest BCUT2D eigenvalue weighted by Crippen LogP contribution is 2.05. The normalized spacial score (nSPS) is 11.7. The molecule has 0 aliphatic rings. The Bertz CT molecular complexity index is 458. The van der Waals surface area contributed by atoms with Crippen molar-refractivity contribution in [2.75, 3.05) is 6.61 Å². The SMILES string of the molecule is CCOC(=O)/C(N)=C(\C)NCc1cccc(F)c1. The molecule has 1 rings (SSSR count). The van der Waals surface area contributed by atoms with Crippen molar-refractivity contribution in [3.8, 4) is 0 Å². The molecule has 0 saturated heterocycles. The van der Waals surface area contributed by atoms with E-state index >= 15 is 0 Å². The number of nitrogens with two attached hydrogens (primary N) is 1. The Hall–Kier alpha value is -2.04. The monoisotopic (exact) mass is 252 g/mol. The summed E-state index contributed by atoms with van der Waals surface area (Å²) in [5.41, 5.74) is 6.93. The summed E-state index contributed by atoms with van der Waals surface area (Å²) >= 11 is 0. The fourth-order valence-corrected chi connectivity index (χ4v) is 1.34. The molecule has 0 fully saturated rings. The van der Waals surface area contributed by atoms with Gasteiger partial charge in [0.15, 0.2) is 0 Å². The van der Waals surface area contributed by atoms with Crippen molar-refractivity contribution in [1.82, 2.24) is 5.32 Å². The van der Waals surface area contributed by atoms with Crippen LogP contribution < -0.4 is 11.1 Å². The third-order valence-corrected chi connectivity index (χ3v) is 2.35. The highest BCUT2D eigenvalue weighted by Gasteiger charge is 2.09. The zero-order valence-electron chi connectivity index (χ0n) is 10.5. The van der Waals surface area contributed by atoms with Gasteiger partial charge in [-0.05, 0) is 31.5 Å². The van der Waals surface area contributed by atoms with Crippen LogP contribution >= 0.6 is 0 Å². The molecule has 0 heterocycles. The summed E-state index contributed by atoms with van der Waals surface area (Å²) in [7, 11) is 0. The van der Waals surface area contributed by atoms with E-state index in [1.54, 1.807) is 26.0 Å². The number of hydrogen-bond donors (Lipinski definition) is 2. The lowest BCUT2D eigenvalue weighted by atomic mass is 10.2. The van der Waals surface area contributed by atoms with Crippen LogP contribution in [0.15, 0.2) is 35.7 Å². The first-order valence-corrected chi connectivity index (χ1v) is 5.66. The first-order valence-electron chi connectivity index (χ1n) is 5.66. The van der Waals surface area contributed by atoms with Gasteiger partial charge in [0.05, 0.1) is 6.61 Å². The van der Waals surface area contributed by atoms with Crippen molar-refractivity contribution in [1.29, 1.82) is 0 Å². The Morgan fingerprint density at radius 3 is 2.83 bits per heavy atom. The van der Waals surface area contributed by atoms with Gasteiger partial charge in [0.1, 0.15) is 11.5 Å². The van der Waals surface area contributed by atoms with E-state index in [4.69, 9.17) is 10.5 Å². The van der Waals surface area contributed by atoms with Gasteiger partial charge >= 0.3 is 5.97 Å². The van der Waals surface area contributed by atoms with Gasteiger partial charge in [-0.2, -0.15) is 0 Å². The minimum absolute atomic E-state index is 0.0354. The van der Waals surface area contributed by atoms with Crippen molar-refractivity contribution < 1.29 is 13.9 Å². The lowest BCUT2D eigenvalue weighted by molar-refractivity contribution is -0.138. The largest absolute Gasteiger partial charge is 0.461 e. The van der Waals surface area contributed by atoms with Crippen LogP contribution in [0.25, 0.3) is 0 Å². The summed E-state index contributed by atoms with van der Waals surface area (Å²) in [6, 6.07) is 6.20. The lowest BCUT2D eigenvalue weighted by Crippen LogP contribution is -2.23. The summed E-state index contributed by atoms with van der Waals surface area (Å²) < 4.78 is 17.7. The van der Waals surface area contributed by atoms with Gasteiger partial charge in [-0.15, -0.1) is 0 Å². The molecule has 18 heavy (non-hydrogen) atoms. The maximum Gasteiger partial charge on any atom is 0.355 e. The Kier molecular flexibility index (Phi) is 5.17. The van der Waals surface area contributed by atoms with E-state index < -0.39 is 5.97 Å². The fraction of sp³-hybridized carbons (Fsp3) is 0.308. The number of benzene rings is 1. The molecule has 0 saturated carbocycles. The van der Waals surface area contributed by atoms with Crippen LogP contribution in [0.1, 0.15) is 19.4 Å². The molecule has 1 aromatic rings. The van der Waals surface area contributed by atoms with Crippen molar-refractivity contribution in [2.45, 2.75) is 20.4 Å². The number of allylic oxidation sites excluding steroid dienone is 1. The summed E-state index contributed by atoms with van der Waals surface area (Å²) in [6.07, 6.45) is 0. The third kappa shape index (κ3) is 4.08. The minimum atomic E-state index is -0.554. The predicted octanol–water partition coefficient (Wildman–Crippen LogP) is 1.67. The number of rotatable bonds is 5. The van der Waals surface area contributed by atoms with Gasteiger partial charge in [0, 0.05) is 12.2 Å². The zero-order valence-corrected chi connectivity index (χ0v) is 10.5. The molecule has 0 aliphatic heterocycles. The molecule has 0 bridgehead atoms. The van der Waals surface area contributed by atoms with Gasteiger partial charge < -0.3 is 15.8 Å². The average molecular weight is 252 g/mol. The Balaban J connectivity index is 2.62. The van der Waals surface area contributed by atoms with Crippen molar-refractivity contribution in [3.05, 3.63) is 47.0 Å². The second-order valence-corrected chi connectivity index (χ2v) is 3.74. The van der Waals surface area contributed by atoms with Gasteiger partial charge in [-0.1, -0.05) is 12.1 Å². The summed E-state index contributed by atoms with van der Waals surface area (Å²) in [4.78, 5) is 11.3. The van der Waals surface area contributed by atoms with Crippen LogP contribution in [-0.2, 0) is 16.1 Å². The smallest absolute Gasteiger partial charge is 0.355 e. The molecule has 0 radical (unpaired) electrons. The predicted molar refractivity (Wildman–Crippen MR) is 66.8 cm³/mol. The molecule has 0 spiro atoms. The number of nitrogens with one attached hydrogen (secondary N) is 1. The van der Waals surface area contributed by atoms with E-state index in [0.717, 1.165) is 5.56 Å². The number of halogens is 1. The summed E-state index contributed by atoms with van der Waals surface area (Å²) in [5.74, 6) is -0.851. The molecule has 0 aromatic heterocycles. The van der Waals surface area contributed by atoms with Gasteiger partial charge in [0.2, 0.25) is 0 Å². The fourth-order valence-electron chi connectivity index (χ4n) is 1.34. The van der Waals surface area contributed by atoms with Gasteiger partial charge in [0.25, 0.3) is 0 Å². The average Bonchev–Trinajstić information content (AvgIpc) is 2.35. The lowest BCUT2D eigenvalue weighted by Gasteiger charge is -2.10. The summed E-state index contributed by atoms with van der Waals surface area (Å²) in [6.45, 7) is 4.05. The van der Waals surface area contributed by atoms with E-state index in [-0.39, 0.29) is 18.1 Å². The molecule has 98 valence electrons. The second kappa shape index (κ2) is 6.64.